The fraction of sp³-hybridized carbons (Fsp3) is 0.174. The van der Waals surface area contributed by atoms with E-state index in [0.717, 1.165) is 23.2 Å². The van der Waals surface area contributed by atoms with E-state index >= 15 is 0 Å². The highest BCUT2D eigenvalue weighted by Gasteiger charge is 2.14. The zero-order valence-electron chi connectivity index (χ0n) is 16.8. The van der Waals surface area contributed by atoms with Gasteiger partial charge >= 0.3 is 0 Å². The second-order valence-electron chi connectivity index (χ2n) is 7.31. The second kappa shape index (κ2) is 8.61. The van der Waals surface area contributed by atoms with Crippen LogP contribution in [-0.4, -0.2) is 34.3 Å². The first kappa shape index (κ1) is 20.0. The molecule has 0 saturated carbocycles. The van der Waals surface area contributed by atoms with Crippen molar-refractivity contribution in [3.05, 3.63) is 93.3 Å². The molecule has 4 rings (SSSR count). The molecule has 7 heteroatoms. The van der Waals surface area contributed by atoms with Crippen molar-refractivity contribution in [2.45, 2.75) is 13.1 Å². The van der Waals surface area contributed by atoms with Gasteiger partial charge < -0.3 is 10.2 Å². The third kappa shape index (κ3) is 4.17. The minimum Gasteiger partial charge on any atom is -0.348 e. The lowest BCUT2D eigenvalue weighted by molar-refractivity contribution is 0.0949. The van der Waals surface area contributed by atoms with Crippen molar-refractivity contribution < 1.29 is 4.79 Å². The quantitative estimate of drug-likeness (QED) is 0.521. The molecule has 2 aromatic heterocycles. The fourth-order valence-electron chi connectivity index (χ4n) is 3.36. The Morgan fingerprint density at radius 1 is 1.13 bits per heavy atom. The van der Waals surface area contributed by atoms with Crippen LogP contribution in [0.1, 0.15) is 21.5 Å². The van der Waals surface area contributed by atoms with Crippen LogP contribution in [0.15, 0.2) is 71.1 Å². The van der Waals surface area contributed by atoms with Crippen molar-refractivity contribution in [2.75, 3.05) is 14.1 Å². The number of nitrogens with one attached hydrogen (secondary N) is 1. The first-order chi connectivity index (χ1) is 14.5. The topological polar surface area (TPSA) is 66.7 Å². The van der Waals surface area contributed by atoms with Crippen molar-refractivity contribution in [1.82, 2.24) is 19.6 Å². The standard InChI is InChI=1S/C23H22N4O2S/c1-26(2)15-16-7-9-17(10-8-16)19-6-4-3-5-18(19)13-24-21(28)20-14-25-23-27(22(20)29)11-12-30-23/h3-12,14H,13,15H2,1-2H3,(H,24,28). The lowest BCUT2D eigenvalue weighted by Crippen LogP contribution is -2.30. The largest absolute Gasteiger partial charge is 0.348 e. The zero-order valence-corrected chi connectivity index (χ0v) is 17.6. The molecule has 2 heterocycles. The third-order valence-electron chi connectivity index (χ3n) is 4.81. The first-order valence-corrected chi connectivity index (χ1v) is 10.5. The molecule has 0 atom stereocenters. The molecule has 0 unspecified atom stereocenters. The Bertz CT molecular complexity index is 1240. The molecule has 0 saturated heterocycles. The molecule has 0 fully saturated rings. The average Bonchev–Trinajstić information content (AvgIpc) is 3.23. The van der Waals surface area contributed by atoms with Crippen LogP contribution in [0.3, 0.4) is 0 Å². The number of thiazole rings is 1. The number of carbonyl (C=O) groups excluding carboxylic acids is 1. The second-order valence-corrected chi connectivity index (χ2v) is 8.18. The maximum absolute atomic E-state index is 12.6. The molecule has 0 spiro atoms. The minimum atomic E-state index is -0.427. The van der Waals surface area contributed by atoms with E-state index in [1.807, 2.05) is 38.4 Å². The van der Waals surface area contributed by atoms with Gasteiger partial charge in [0, 0.05) is 30.9 Å². The number of nitrogens with zero attached hydrogens (tertiary/aromatic N) is 3. The normalized spacial score (nSPS) is 11.2. The number of carbonyl (C=O) groups is 1. The Kier molecular flexibility index (Phi) is 5.74. The summed E-state index contributed by atoms with van der Waals surface area (Å²) in [6, 6.07) is 16.4. The molecule has 6 nitrogen and oxygen atoms in total. The lowest BCUT2D eigenvalue weighted by Gasteiger charge is -2.13. The van der Waals surface area contributed by atoms with Gasteiger partial charge in [-0.15, -0.1) is 11.3 Å². The molecule has 0 aliphatic heterocycles. The summed E-state index contributed by atoms with van der Waals surface area (Å²) in [5.41, 5.74) is 4.04. The maximum Gasteiger partial charge on any atom is 0.271 e. The monoisotopic (exact) mass is 418 g/mol. The molecular weight excluding hydrogens is 396 g/mol. The molecule has 2 aromatic carbocycles. The van der Waals surface area contributed by atoms with Crippen molar-refractivity contribution in [3.8, 4) is 11.1 Å². The molecule has 0 aliphatic rings. The van der Waals surface area contributed by atoms with Gasteiger partial charge in [0.2, 0.25) is 0 Å². The Balaban J connectivity index is 1.53. The number of fused-ring (bicyclic) bond motifs is 1. The fourth-order valence-corrected chi connectivity index (χ4v) is 4.04. The molecule has 0 aliphatic carbocycles. The molecule has 152 valence electrons. The van der Waals surface area contributed by atoms with E-state index in [4.69, 9.17) is 0 Å². The van der Waals surface area contributed by atoms with Gasteiger partial charge in [-0.25, -0.2) is 4.98 Å². The number of hydrogen-bond acceptors (Lipinski definition) is 5. The van der Waals surface area contributed by atoms with Crippen LogP contribution < -0.4 is 10.9 Å². The molecule has 1 N–H and O–H groups in total. The summed E-state index contributed by atoms with van der Waals surface area (Å²) >= 11 is 1.35. The number of aromatic nitrogens is 2. The van der Waals surface area contributed by atoms with Gasteiger partial charge in [0.25, 0.3) is 11.5 Å². The number of rotatable bonds is 6. The summed E-state index contributed by atoms with van der Waals surface area (Å²) in [5.74, 6) is -0.427. The van der Waals surface area contributed by atoms with Crippen LogP contribution in [0.4, 0.5) is 0 Å². The van der Waals surface area contributed by atoms with Crippen molar-refractivity contribution in [2.24, 2.45) is 0 Å². The van der Waals surface area contributed by atoms with Crippen molar-refractivity contribution >= 4 is 22.2 Å². The highest BCUT2D eigenvalue weighted by atomic mass is 32.1. The minimum absolute atomic E-state index is 0.0384. The molecule has 0 radical (unpaired) electrons. The third-order valence-corrected chi connectivity index (χ3v) is 5.58. The van der Waals surface area contributed by atoms with Crippen molar-refractivity contribution in [3.63, 3.8) is 0 Å². The van der Waals surface area contributed by atoms with Crippen LogP contribution in [0.5, 0.6) is 0 Å². The summed E-state index contributed by atoms with van der Waals surface area (Å²) in [6.07, 6.45) is 2.97. The van der Waals surface area contributed by atoms with Gasteiger partial charge in [0.1, 0.15) is 5.56 Å². The smallest absolute Gasteiger partial charge is 0.271 e. The Labute approximate surface area is 178 Å². The predicted molar refractivity (Wildman–Crippen MR) is 120 cm³/mol. The van der Waals surface area contributed by atoms with E-state index in [9.17, 15) is 9.59 Å². The number of hydrogen-bond donors (Lipinski definition) is 1. The summed E-state index contributed by atoms with van der Waals surface area (Å²) < 4.78 is 1.39. The predicted octanol–water partition coefficient (Wildman–Crippen LogP) is 3.41. The van der Waals surface area contributed by atoms with Crippen LogP contribution in [0, 0.1) is 0 Å². The molecule has 1 amide bonds. The number of benzene rings is 2. The highest BCUT2D eigenvalue weighted by molar-refractivity contribution is 7.15. The number of amides is 1. The zero-order chi connectivity index (χ0) is 21.1. The Morgan fingerprint density at radius 2 is 1.90 bits per heavy atom. The van der Waals surface area contributed by atoms with Gasteiger partial charge in [-0.05, 0) is 36.3 Å². The van der Waals surface area contributed by atoms with Crippen LogP contribution in [0.25, 0.3) is 16.1 Å². The molecule has 4 aromatic rings. The van der Waals surface area contributed by atoms with E-state index in [-0.39, 0.29) is 11.1 Å². The summed E-state index contributed by atoms with van der Waals surface area (Å²) in [6.45, 7) is 1.20. The van der Waals surface area contributed by atoms with E-state index in [1.165, 1.54) is 27.5 Å². The molecular formula is C23H22N4O2S. The van der Waals surface area contributed by atoms with Gasteiger partial charge in [0.05, 0.1) is 0 Å². The summed E-state index contributed by atoms with van der Waals surface area (Å²) in [5, 5.41) is 4.63. The average molecular weight is 419 g/mol. The lowest BCUT2D eigenvalue weighted by atomic mass is 9.98. The van der Waals surface area contributed by atoms with Gasteiger partial charge in [-0.2, -0.15) is 0 Å². The van der Waals surface area contributed by atoms with E-state index < -0.39 is 5.91 Å². The Morgan fingerprint density at radius 3 is 2.67 bits per heavy atom. The van der Waals surface area contributed by atoms with Gasteiger partial charge in [0.15, 0.2) is 4.96 Å². The van der Waals surface area contributed by atoms with Crippen LogP contribution >= 0.6 is 11.3 Å². The van der Waals surface area contributed by atoms with Gasteiger partial charge in [-0.3, -0.25) is 14.0 Å². The molecule has 0 bridgehead atoms. The van der Waals surface area contributed by atoms with E-state index in [2.05, 4.69) is 39.5 Å². The maximum atomic E-state index is 12.6. The van der Waals surface area contributed by atoms with Crippen LogP contribution in [-0.2, 0) is 13.1 Å². The first-order valence-electron chi connectivity index (χ1n) is 9.58. The summed E-state index contributed by atoms with van der Waals surface area (Å²) in [4.78, 5) is 32.0. The molecule has 30 heavy (non-hydrogen) atoms. The summed E-state index contributed by atoms with van der Waals surface area (Å²) in [7, 11) is 4.09. The van der Waals surface area contributed by atoms with Crippen molar-refractivity contribution in [1.29, 1.82) is 0 Å². The Hall–Kier alpha value is -3.29. The highest BCUT2D eigenvalue weighted by Crippen LogP contribution is 2.24. The van der Waals surface area contributed by atoms with E-state index in [1.54, 1.807) is 11.6 Å². The van der Waals surface area contributed by atoms with Crippen LogP contribution in [0.2, 0.25) is 0 Å². The van der Waals surface area contributed by atoms with Gasteiger partial charge in [-0.1, -0.05) is 48.5 Å². The van der Waals surface area contributed by atoms with E-state index in [0.29, 0.717) is 11.5 Å². The SMILES string of the molecule is CN(C)Cc1ccc(-c2ccccc2CNC(=O)c2cnc3sccn3c2=O)cc1.